The summed E-state index contributed by atoms with van der Waals surface area (Å²) < 4.78 is 37.6. The number of piperidine rings is 1. The summed E-state index contributed by atoms with van der Waals surface area (Å²) in [5, 5.41) is 4.89. The van der Waals surface area contributed by atoms with E-state index >= 15 is 0 Å². The standard InChI is InChI=1S/C39H49N3O14/c43-32(40-30-11-7-10-29-34(30)38(48)42(37(29)47)31-13-14-33(44)41-36(31)46)12-5-2-6-15-50-16-17-51-18-19-52-20-21-53-22-23-54-24-25-55-26-27-56-39(49)35(45)28-8-3-1-4-9-28/h1,3-4,7-11,31H,2,5-6,12-27H2,(H,40,43)(H,41,44,46). The highest BCUT2D eigenvalue weighted by Gasteiger charge is 2.45. The molecule has 2 heterocycles. The lowest BCUT2D eigenvalue weighted by atomic mass is 10.0. The van der Waals surface area contributed by atoms with Crippen LogP contribution in [-0.2, 0) is 52.3 Å². The van der Waals surface area contributed by atoms with Crippen molar-refractivity contribution in [3.8, 4) is 0 Å². The summed E-state index contributed by atoms with van der Waals surface area (Å²) >= 11 is 0. The Morgan fingerprint density at radius 1 is 0.643 bits per heavy atom. The number of Topliss-reactive ketones (excluding diaryl/α,β-unsaturated/α-hetero) is 1. The number of ether oxygens (including phenoxy) is 7. The molecule has 4 rings (SSSR count). The number of carbonyl (C=O) groups excluding carboxylic acids is 7. The van der Waals surface area contributed by atoms with Gasteiger partial charge in [-0.05, 0) is 31.4 Å². The minimum absolute atomic E-state index is 0.0221. The summed E-state index contributed by atoms with van der Waals surface area (Å²) in [5.41, 5.74) is 0.636. The Hall–Kier alpha value is -4.91. The molecule has 5 amide bonds. The Bertz CT molecular complexity index is 1640. The quantitative estimate of drug-likeness (QED) is 0.0417. The summed E-state index contributed by atoms with van der Waals surface area (Å²) in [6, 6.07) is 11.7. The van der Waals surface area contributed by atoms with Crippen LogP contribution in [-0.4, -0.2) is 138 Å². The molecule has 0 aliphatic carbocycles. The van der Waals surface area contributed by atoms with E-state index in [1.165, 1.54) is 6.07 Å². The Kier molecular flexibility index (Phi) is 19.2. The van der Waals surface area contributed by atoms with Crippen molar-refractivity contribution < 1.29 is 66.7 Å². The third-order valence-corrected chi connectivity index (χ3v) is 8.48. The van der Waals surface area contributed by atoms with Crippen LogP contribution in [0.25, 0.3) is 0 Å². The molecule has 0 aromatic heterocycles. The van der Waals surface area contributed by atoms with Crippen LogP contribution in [0.1, 0.15) is 69.6 Å². The lowest BCUT2D eigenvalue weighted by molar-refractivity contribution is -0.140. The fourth-order valence-corrected chi connectivity index (χ4v) is 5.67. The van der Waals surface area contributed by atoms with Gasteiger partial charge >= 0.3 is 5.97 Å². The number of benzene rings is 2. The zero-order valence-electron chi connectivity index (χ0n) is 31.3. The van der Waals surface area contributed by atoms with Gasteiger partial charge in [-0.2, -0.15) is 0 Å². The van der Waals surface area contributed by atoms with E-state index < -0.39 is 41.4 Å². The van der Waals surface area contributed by atoms with Gasteiger partial charge in [0.25, 0.3) is 17.6 Å². The van der Waals surface area contributed by atoms with E-state index in [0.717, 1.165) is 17.7 Å². The van der Waals surface area contributed by atoms with E-state index in [2.05, 4.69) is 10.6 Å². The Morgan fingerprint density at radius 3 is 1.80 bits per heavy atom. The van der Waals surface area contributed by atoms with Crippen LogP contribution >= 0.6 is 0 Å². The molecule has 304 valence electrons. The van der Waals surface area contributed by atoms with Crippen LogP contribution in [0.2, 0.25) is 0 Å². The van der Waals surface area contributed by atoms with Gasteiger partial charge < -0.3 is 38.5 Å². The van der Waals surface area contributed by atoms with Gasteiger partial charge in [-0.3, -0.25) is 39.0 Å². The van der Waals surface area contributed by atoms with Gasteiger partial charge in [0.2, 0.25) is 17.7 Å². The predicted octanol–water partition coefficient (Wildman–Crippen LogP) is 2.11. The smallest absolute Gasteiger partial charge is 0.379 e. The number of carbonyl (C=O) groups is 7. The molecule has 1 saturated heterocycles. The lowest BCUT2D eigenvalue weighted by Crippen LogP contribution is -2.54. The molecule has 0 bridgehead atoms. The average Bonchev–Trinajstić information content (AvgIpc) is 3.45. The molecule has 2 aromatic carbocycles. The van der Waals surface area contributed by atoms with Gasteiger partial charge in [-0.15, -0.1) is 0 Å². The number of fused-ring (bicyclic) bond motifs is 1. The van der Waals surface area contributed by atoms with Gasteiger partial charge in [-0.25, -0.2) is 4.79 Å². The highest BCUT2D eigenvalue weighted by atomic mass is 16.6. The zero-order chi connectivity index (χ0) is 40.0. The van der Waals surface area contributed by atoms with Crippen molar-refractivity contribution in [2.24, 2.45) is 0 Å². The van der Waals surface area contributed by atoms with Crippen LogP contribution in [0.3, 0.4) is 0 Å². The molecule has 0 radical (unpaired) electrons. The van der Waals surface area contributed by atoms with Gasteiger partial charge in [0.05, 0.1) is 89.5 Å². The first-order chi connectivity index (χ1) is 27.3. The second kappa shape index (κ2) is 24.6. The van der Waals surface area contributed by atoms with E-state index in [4.69, 9.17) is 33.2 Å². The molecule has 1 atom stereocenters. The van der Waals surface area contributed by atoms with Crippen molar-refractivity contribution in [2.45, 2.75) is 44.6 Å². The van der Waals surface area contributed by atoms with E-state index in [1.807, 2.05) is 0 Å². The SMILES string of the molecule is O=C1CCC(N2C(=O)c3cccc(NC(=O)CCCCCOCCOCCOCCOCCOCCOCCOC(=O)C(=O)c4ccccc4)c3C2=O)C(=O)N1. The highest BCUT2D eigenvalue weighted by molar-refractivity contribution is 6.40. The number of ketones is 1. The second-order valence-corrected chi connectivity index (χ2v) is 12.5. The molecule has 1 unspecified atom stereocenters. The largest absolute Gasteiger partial charge is 0.457 e. The molecule has 17 heteroatoms. The maximum Gasteiger partial charge on any atom is 0.379 e. The first-order valence-corrected chi connectivity index (χ1v) is 18.6. The Labute approximate surface area is 324 Å². The highest BCUT2D eigenvalue weighted by Crippen LogP contribution is 2.32. The van der Waals surface area contributed by atoms with Crippen molar-refractivity contribution >= 4 is 47.0 Å². The molecule has 17 nitrogen and oxygen atoms in total. The summed E-state index contributed by atoms with van der Waals surface area (Å²) in [7, 11) is 0. The van der Waals surface area contributed by atoms with Gasteiger partial charge in [0.1, 0.15) is 12.6 Å². The molecule has 56 heavy (non-hydrogen) atoms. The van der Waals surface area contributed by atoms with Gasteiger partial charge in [0, 0.05) is 25.0 Å². The first-order valence-electron chi connectivity index (χ1n) is 18.6. The maximum absolute atomic E-state index is 13.2. The predicted molar refractivity (Wildman–Crippen MR) is 197 cm³/mol. The zero-order valence-corrected chi connectivity index (χ0v) is 31.3. The van der Waals surface area contributed by atoms with Gasteiger partial charge in [-0.1, -0.05) is 42.8 Å². The molecule has 1 fully saturated rings. The van der Waals surface area contributed by atoms with E-state index in [1.54, 1.807) is 42.5 Å². The number of imide groups is 2. The van der Waals surface area contributed by atoms with Crippen molar-refractivity contribution in [3.63, 3.8) is 0 Å². The number of nitrogens with one attached hydrogen (secondary N) is 2. The molecule has 2 aliphatic rings. The topological polar surface area (TPSA) is 211 Å². The third-order valence-electron chi connectivity index (χ3n) is 8.48. The summed E-state index contributed by atoms with van der Waals surface area (Å²) in [4.78, 5) is 87.2. The fourth-order valence-electron chi connectivity index (χ4n) is 5.67. The third kappa shape index (κ3) is 14.3. The van der Waals surface area contributed by atoms with Gasteiger partial charge in [0.15, 0.2) is 0 Å². The second-order valence-electron chi connectivity index (χ2n) is 12.5. The summed E-state index contributed by atoms with van der Waals surface area (Å²) in [6.45, 7) is 4.63. The molecular weight excluding hydrogens is 734 g/mol. The van der Waals surface area contributed by atoms with Crippen molar-refractivity contribution in [2.75, 3.05) is 91.2 Å². The van der Waals surface area contributed by atoms with Crippen molar-refractivity contribution in [3.05, 3.63) is 65.2 Å². The van der Waals surface area contributed by atoms with E-state index in [-0.39, 0.29) is 60.8 Å². The van der Waals surface area contributed by atoms with Crippen LogP contribution in [0.4, 0.5) is 5.69 Å². The molecule has 2 aliphatic heterocycles. The van der Waals surface area contributed by atoms with E-state index in [0.29, 0.717) is 79.1 Å². The minimum atomic E-state index is -1.08. The monoisotopic (exact) mass is 783 g/mol. The molecule has 2 N–H and O–H groups in total. The number of nitrogens with zero attached hydrogens (tertiary/aromatic N) is 1. The van der Waals surface area contributed by atoms with Crippen LogP contribution in [0, 0.1) is 0 Å². The fraction of sp³-hybridized carbons (Fsp3) is 0.513. The number of unbranched alkanes of at least 4 members (excludes halogenated alkanes) is 2. The van der Waals surface area contributed by atoms with Crippen LogP contribution in [0.15, 0.2) is 48.5 Å². The van der Waals surface area contributed by atoms with Crippen LogP contribution in [0.5, 0.6) is 0 Å². The summed E-state index contributed by atoms with van der Waals surface area (Å²) in [5.74, 6) is -4.36. The summed E-state index contributed by atoms with van der Waals surface area (Å²) in [6.07, 6.45) is 2.39. The number of amides is 5. The Balaban J connectivity index is 0.887. The Morgan fingerprint density at radius 2 is 1.21 bits per heavy atom. The number of rotatable bonds is 28. The molecular formula is C39H49N3O14. The van der Waals surface area contributed by atoms with Crippen molar-refractivity contribution in [1.29, 1.82) is 0 Å². The lowest BCUT2D eigenvalue weighted by Gasteiger charge is -2.27. The molecule has 0 saturated carbocycles. The molecule has 2 aromatic rings. The van der Waals surface area contributed by atoms with E-state index in [9.17, 15) is 33.6 Å². The maximum atomic E-state index is 13.2. The molecule has 0 spiro atoms. The number of hydrogen-bond donors (Lipinski definition) is 2. The minimum Gasteiger partial charge on any atom is -0.457 e. The van der Waals surface area contributed by atoms with Crippen molar-refractivity contribution in [1.82, 2.24) is 10.2 Å². The first kappa shape index (κ1) is 43.8. The number of hydrogen-bond acceptors (Lipinski definition) is 14. The number of anilines is 1. The van der Waals surface area contributed by atoms with Crippen LogP contribution < -0.4 is 10.6 Å². The normalized spacial score (nSPS) is 15.1. The average molecular weight is 784 g/mol. The number of esters is 1.